The van der Waals surface area contributed by atoms with Crippen LogP contribution in [0.4, 0.5) is 13.2 Å². The first-order valence-electron chi connectivity index (χ1n) is 5.43. The van der Waals surface area contributed by atoms with E-state index in [0.717, 1.165) is 12.8 Å². The Morgan fingerprint density at radius 1 is 1.47 bits per heavy atom. The van der Waals surface area contributed by atoms with Crippen molar-refractivity contribution in [1.29, 1.82) is 0 Å². The van der Waals surface area contributed by atoms with Crippen LogP contribution in [0, 0.1) is 5.92 Å². The highest BCUT2D eigenvalue weighted by Gasteiger charge is 2.48. The molecule has 0 aromatic rings. The van der Waals surface area contributed by atoms with Crippen molar-refractivity contribution < 1.29 is 23.1 Å². The monoisotopic (exact) mass is 254 g/mol. The lowest BCUT2D eigenvalue weighted by Gasteiger charge is -2.30. The van der Waals surface area contributed by atoms with E-state index in [0.29, 0.717) is 0 Å². The van der Waals surface area contributed by atoms with Crippen LogP contribution in [0.25, 0.3) is 0 Å². The predicted octanol–water partition coefficient (Wildman–Crippen LogP) is 1.06. The van der Waals surface area contributed by atoms with E-state index >= 15 is 0 Å². The summed E-state index contributed by atoms with van der Waals surface area (Å²) in [6.07, 6.45) is -3.72. The number of rotatable bonds is 6. The first-order chi connectivity index (χ1) is 7.65. The maximum absolute atomic E-state index is 12.0. The van der Waals surface area contributed by atoms with Crippen molar-refractivity contribution in [3.05, 3.63) is 0 Å². The summed E-state index contributed by atoms with van der Waals surface area (Å²) in [5, 5.41) is 9.05. The maximum Gasteiger partial charge on any atom is 0.390 e. The molecule has 1 fully saturated rings. The molecule has 0 saturated heterocycles. The van der Waals surface area contributed by atoms with Crippen LogP contribution < -0.4 is 5.73 Å². The Kier molecular flexibility index (Phi) is 4.03. The summed E-state index contributed by atoms with van der Waals surface area (Å²) in [6.45, 7) is -0.286. The van der Waals surface area contributed by atoms with Gasteiger partial charge in [0.15, 0.2) is 0 Å². The average Bonchev–Trinajstić information content (AvgIpc) is 2.96. The molecule has 0 aromatic carbocycles. The minimum Gasteiger partial charge on any atom is -0.480 e. The molecule has 0 amide bonds. The van der Waals surface area contributed by atoms with Gasteiger partial charge in [0, 0.05) is 13.1 Å². The molecule has 0 heterocycles. The van der Waals surface area contributed by atoms with Crippen LogP contribution in [0.15, 0.2) is 0 Å². The van der Waals surface area contributed by atoms with Gasteiger partial charge in [0.25, 0.3) is 0 Å². The Balaban J connectivity index is 2.48. The molecule has 0 aromatic heterocycles. The smallest absolute Gasteiger partial charge is 0.390 e. The van der Waals surface area contributed by atoms with Crippen molar-refractivity contribution in [2.24, 2.45) is 11.7 Å². The molecular formula is C10H17F3N2O2. The van der Waals surface area contributed by atoms with Gasteiger partial charge in [0.1, 0.15) is 5.54 Å². The number of hydrogen-bond donors (Lipinski definition) is 2. The number of likely N-dealkylation sites (N-methyl/N-ethyl adjacent to an activating group) is 1. The van der Waals surface area contributed by atoms with E-state index in [2.05, 4.69) is 0 Å². The fourth-order valence-corrected chi connectivity index (χ4v) is 1.81. The summed E-state index contributed by atoms with van der Waals surface area (Å²) >= 11 is 0. The van der Waals surface area contributed by atoms with Gasteiger partial charge < -0.3 is 15.7 Å². The fraction of sp³-hybridized carbons (Fsp3) is 0.900. The van der Waals surface area contributed by atoms with E-state index in [4.69, 9.17) is 10.8 Å². The molecule has 0 aliphatic heterocycles. The highest BCUT2D eigenvalue weighted by molar-refractivity contribution is 5.79. The first-order valence-corrected chi connectivity index (χ1v) is 5.43. The number of carbonyl (C=O) groups is 1. The molecule has 100 valence electrons. The molecule has 7 heteroatoms. The molecule has 1 aliphatic carbocycles. The number of carboxylic acid groups (broad SMARTS) is 1. The van der Waals surface area contributed by atoms with Gasteiger partial charge >= 0.3 is 12.1 Å². The largest absolute Gasteiger partial charge is 0.480 e. The fourth-order valence-electron chi connectivity index (χ4n) is 1.81. The molecule has 4 nitrogen and oxygen atoms in total. The summed E-state index contributed by atoms with van der Waals surface area (Å²) in [4.78, 5) is 12.4. The van der Waals surface area contributed by atoms with E-state index in [1.807, 2.05) is 0 Å². The van der Waals surface area contributed by atoms with Crippen molar-refractivity contribution in [2.75, 3.05) is 20.1 Å². The Morgan fingerprint density at radius 3 is 2.35 bits per heavy atom. The van der Waals surface area contributed by atoms with Crippen LogP contribution in [0.3, 0.4) is 0 Å². The van der Waals surface area contributed by atoms with Gasteiger partial charge in [0.05, 0.1) is 6.42 Å². The van der Waals surface area contributed by atoms with Crippen molar-refractivity contribution in [3.63, 3.8) is 0 Å². The molecule has 1 rings (SSSR count). The summed E-state index contributed by atoms with van der Waals surface area (Å²) in [7, 11) is 1.46. The molecule has 1 aliphatic rings. The van der Waals surface area contributed by atoms with Crippen LogP contribution in [-0.2, 0) is 4.79 Å². The first kappa shape index (κ1) is 14.2. The number of nitrogens with two attached hydrogens (primary N) is 1. The minimum atomic E-state index is -4.23. The van der Waals surface area contributed by atoms with Crippen molar-refractivity contribution in [1.82, 2.24) is 4.90 Å². The molecule has 0 bridgehead atoms. The van der Waals surface area contributed by atoms with Gasteiger partial charge in [0.2, 0.25) is 0 Å². The number of alkyl halides is 3. The summed E-state index contributed by atoms with van der Waals surface area (Å²) < 4.78 is 36.0. The third-order valence-electron chi connectivity index (χ3n) is 3.01. The molecule has 17 heavy (non-hydrogen) atoms. The lowest BCUT2D eigenvalue weighted by atomic mass is 9.94. The zero-order valence-corrected chi connectivity index (χ0v) is 9.63. The lowest BCUT2D eigenvalue weighted by molar-refractivity contribution is -0.146. The number of hydrogen-bond acceptors (Lipinski definition) is 3. The van der Waals surface area contributed by atoms with Gasteiger partial charge in [-0.25, -0.2) is 0 Å². The number of carboxylic acids is 1. The Bertz CT molecular complexity index is 292. The van der Waals surface area contributed by atoms with E-state index in [1.165, 1.54) is 11.9 Å². The second kappa shape index (κ2) is 4.81. The second-order valence-electron chi connectivity index (χ2n) is 4.72. The third kappa shape index (κ3) is 4.16. The van der Waals surface area contributed by atoms with Crippen LogP contribution in [0.1, 0.15) is 19.3 Å². The Hall–Kier alpha value is -0.820. The third-order valence-corrected chi connectivity index (χ3v) is 3.01. The molecule has 0 radical (unpaired) electrons. The SMILES string of the molecule is CN(CCC(F)(F)F)CC(N)(C(=O)O)C1CC1. The van der Waals surface area contributed by atoms with E-state index in [-0.39, 0.29) is 19.0 Å². The zero-order valence-electron chi connectivity index (χ0n) is 9.63. The normalized spacial score (nSPS) is 20.4. The van der Waals surface area contributed by atoms with Crippen LogP contribution in [0.5, 0.6) is 0 Å². The van der Waals surface area contributed by atoms with Gasteiger partial charge in [-0.3, -0.25) is 4.79 Å². The van der Waals surface area contributed by atoms with Gasteiger partial charge in [-0.05, 0) is 25.8 Å². The van der Waals surface area contributed by atoms with Gasteiger partial charge in [-0.1, -0.05) is 0 Å². The summed E-state index contributed by atoms with van der Waals surface area (Å²) in [5.41, 5.74) is 4.35. The van der Waals surface area contributed by atoms with Crippen LogP contribution >= 0.6 is 0 Å². The maximum atomic E-state index is 12.0. The van der Waals surface area contributed by atoms with E-state index < -0.39 is 24.1 Å². The van der Waals surface area contributed by atoms with E-state index in [9.17, 15) is 18.0 Å². The van der Waals surface area contributed by atoms with Crippen molar-refractivity contribution in [3.8, 4) is 0 Å². The number of nitrogens with zero attached hydrogens (tertiary/aromatic N) is 1. The molecule has 1 saturated carbocycles. The molecule has 3 N–H and O–H groups in total. The topological polar surface area (TPSA) is 66.6 Å². The molecule has 0 spiro atoms. The summed E-state index contributed by atoms with van der Waals surface area (Å²) in [6, 6.07) is 0. The quantitative estimate of drug-likeness (QED) is 0.744. The van der Waals surface area contributed by atoms with E-state index in [1.54, 1.807) is 0 Å². The van der Waals surface area contributed by atoms with Crippen LogP contribution in [0.2, 0.25) is 0 Å². The molecule has 1 atom stereocenters. The number of aliphatic carboxylic acids is 1. The Labute approximate surface area is 97.6 Å². The summed E-state index contributed by atoms with van der Waals surface area (Å²) in [5.74, 6) is -1.26. The molecule has 1 unspecified atom stereocenters. The van der Waals surface area contributed by atoms with Crippen molar-refractivity contribution >= 4 is 5.97 Å². The van der Waals surface area contributed by atoms with Gasteiger partial charge in [-0.15, -0.1) is 0 Å². The van der Waals surface area contributed by atoms with Crippen molar-refractivity contribution in [2.45, 2.75) is 31.0 Å². The standard InChI is InChI=1S/C10H17F3N2O2/c1-15(5-4-10(11,12)13)6-9(14,8(16)17)7-2-3-7/h7H,2-6,14H2,1H3,(H,16,17). The predicted molar refractivity (Wildman–Crippen MR) is 55.4 cm³/mol. The van der Waals surface area contributed by atoms with Gasteiger partial charge in [-0.2, -0.15) is 13.2 Å². The highest BCUT2D eigenvalue weighted by atomic mass is 19.4. The Morgan fingerprint density at radius 2 is 2.00 bits per heavy atom. The lowest BCUT2D eigenvalue weighted by Crippen LogP contribution is -2.57. The zero-order chi connectivity index (χ0) is 13.3. The highest BCUT2D eigenvalue weighted by Crippen LogP contribution is 2.38. The minimum absolute atomic E-state index is 0.0525. The van der Waals surface area contributed by atoms with Crippen LogP contribution in [-0.4, -0.2) is 47.8 Å². The molecular weight excluding hydrogens is 237 g/mol. The average molecular weight is 254 g/mol. The second-order valence-corrected chi connectivity index (χ2v) is 4.72. The number of halogens is 3.